The molecule has 1 saturated heterocycles. The molecule has 7 heteroatoms. The van der Waals surface area contributed by atoms with Crippen LogP contribution in [0.5, 0.6) is 0 Å². The van der Waals surface area contributed by atoms with Crippen LogP contribution in [-0.4, -0.2) is 37.9 Å². The minimum Gasteiger partial charge on any atom is -0.383 e. The van der Waals surface area contributed by atoms with Crippen molar-refractivity contribution in [2.24, 2.45) is 0 Å². The Morgan fingerprint density at radius 3 is 2.61 bits per heavy atom. The minimum absolute atomic E-state index is 0.295. The summed E-state index contributed by atoms with van der Waals surface area (Å²) in [6.45, 7) is 4.52. The molecule has 0 amide bonds. The molecular formula is C26H30N6S. The lowest BCUT2D eigenvalue weighted by Crippen LogP contribution is -2.28. The summed E-state index contributed by atoms with van der Waals surface area (Å²) < 4.78 is 1.76. The molecule has 6 nitrogen and oxygen atoms in total. The fraction of sp³-hybridized carbons (Fsp3) is 0.346. The van der Waals surface area contributed by atoms with Gasteiger partial charge >= 0.3 is 0 Å². The van der Waals surface area contributed by atoms with Gasteiger partial charge in [-0.2, -0.15) is 9.61 Å². The van der Waals surface area contributed by atoms with Gasteiger partial charge in [0.2, 0.25) is 0 Å². The third kappa shape index (κ3) is 4.23. The maximum Gasteiger partial charge on any atom is 0.165 e. The van der Waals surface area contributed by atoms with E-state index in [0.717, 1.165) is 45.0 Å². The Hall–Kier alpha value is -2.90. The lowest BCUT2D eigenvalue weighted by molar-refractivity contribution is 0.481. The number of pyridine rings is 1. The molecule has 3 unspecified atom stereocenters. The molecule has 4 heterocycles. The van der Waals surface area contributed by atoms with Gasteiger partial charge in [0.05, 0.1) is 22.5 Å². The van der Waals surface area contributed by atoms with Gasteiger partial charge in [0, 0.05) is 40.9 Å². The predicted molar refractivity (Wildman–Crippen MR) is 136 cm³/mol. The van der Waals surface area contributed by atoms with E-state index >= 15 is 0 Å². The number of nitrogens with zero attached hydrogens (tertiary/aromatic N) is 4. The van der Waals surface area contributed by atoms with E-state index < -0.39 is 0 Å². The summed E-state index contributed by atoms with van der Waals surface area (Å²) in [5.74, 6) is 0.950. The standard InChI is InChI=1S/C26H30N6S/c1-16(13-20-11-9-17(2)30-20)23-24(33-3)25(27)32-26(31-23)21(15-29-32)19-10-12-22(28-14-19)18-7-5-4-6-8-18/h4-8,10,12,14-17,20,30H,9,11,13,27H2,1-3H3. The van der Waals surface area contributed by atoms with Crippen LogP contribution < -0.4 is 11.1 Å². The van der Waals surface area contributed by atoms with Gasteiger partial charge in [-0.1, -0.05) is 43.3 Å². The molecule has 0 aliphatic carbocycles. The number of nitrogens with one attached hydrogen (secondary N) is 1. The molecule has 3 N–H and O–H groups in total. The van der Waals surface area contributed by atoms with Crippen molar-refractivity contribution in [3.63, 3.8) is 0 Å². The number of hydrogen-bond acceptors (Lipinski definition) is 6. The lowest BCUT2D eigenvalue weighted by Gasteiger charge is -2.20. The molecule has 1 aliphatic heterocycles. The van der Waals surface area contributed by atoms with E-state index in [1.165, 1.54) is 12.8 Å². The van der Waals surface area contributed by atoms with E-state index in [4.69, 9.17) is 15.7 Å². The zero-order chi connectivity index (χ0) is 22.9. The molecule has 170 valence electrons. The first-order valence-electron chi connectivity index (χ1n) is 11.5. The van der Waals surface area contributed by atoms with Gasteiger partial charge in [-0.05, 0) is 38.5 Å². The first-order chi connectivity index (χ1) is 16.0. The summed E-state index contributed by atoms with van der Waals surface area (Å²) >= 11 is 1.65. The molecule has 3 atom stereocenters. The molecule has 0 bridgehead atoms. The van der Waals surface area contributed by atoms with E-state index in [1.54, 1.807) is 16.3 Å². The van der Waals surface area contributed by atoms with Crippen molar-refractivity contribution in [1.29, 1.82) is 0 Å². The average Bonchev–Trinajstić information content (AvgIpc) is 3.45. The number of hydrogen-bond donors (Lipinski definition) is 2. The molecule has 1 fully saturated rings. The Bertz CT molecular complexity index is 1250. The molecule has 5 rings (SSSR count). The van der Waals surface area contributed by atoms with Crippen LogP contribution in [0.15, 0.2) is 59.8 Å². The molecule has 33 heavy (non-hydrogen) atoms. The zero-order valence-electron chi connectivity index (χ0n) is 19.3. The molecule has 3 aromatic heterocycles. The van der Waals surface area contributed by atoms with E-state index in [9.17, 15) is 0 Å². The summed E-state index contributed by atoms with van der Waals surface area (Å²) in [7, 11) is 0. The van der Waals surface area contributed by atoms with Crippen LogP contribution in [-0.2, 0) is 0 Å². The third-order valence-electron chi connectivity index (χ3n) is 6.59. The smallest absolute Gasteiger partial charge is 0.165 e. The SMILES string of the molecule is CSc1c(C(C)CC2CCC(C)N2)nc2c(-c3ccc(-c4ccccc4)nc3)cnn2c1N. The monoisotopic (exact) mass is 458 g/mol. The van der Waals surface area contributed by atoms with E-state index in [-0.39, 0.29) is 0 Å². The molecule has 1 aliphatic rings. The van der Waals surface area contributed by atoms with Crippen molar-refractivity contribution >= 4 is 23.2 Å². The maximum absolute atomic E-state index is 6.60. The topological polar surface area (TPSA) is 81.1 Å². The largest absolute Gasteiger partial charge is 0.383 e. The number of benzene rings is 1. The number of rotatable bonds is 6. The van der Waals surface area contributed by atoms with Crippen LogP contribution in [0.3, 0.4) is 0 Å². The Labute approximate surface area is 199 Å². The van der Waals surface area contributed by atoms with Gasteiger partial charge in [-0.25, -0.2) is 4.98 Å². The third-order valence-corrected chi connectivity index (χ3v) is 7.41. The number of aromatic nitrogens is 4. The van der Waals surface area contributed by atoms with Gasteiger partial charge in [-0.3, -0.25) is 4.98 Å². The molecular weight excluding hydrogens is 428 g/mol. The number of nitrogens with two attached hydrogens (primary N) is 1. The first kappa shape index (κ1) is 21.9. The number of nitrogen functional groups attached to an aromatic ring is 1. The van der Waals surface area contributed by atoms with Crippen molar-refractivity contribution < 1.29 is 0 Å². The van der Waals surface area contributed by atoms with E-state index in [1.807, 2.05) is 36.7 Å². The van der Waals surface area contributed by atoms with Crippen LogP contribution in [0, 0.1) is 0 Å². The van der Waals surface area contributed by atoms with Crippen LogP contribution in [0.1, 0.15) is 44.7 Å². The van der Waals surface area contributed by atoms with Crippen LogP contribution >= 0.6 is 11.8 Å². The summed E-state index contributed by atoms with van der Waals surface area (Å²) in [5, 5.41) is 8.28. The molecule has 0 spiro atoms. The van der Waals surface area contributed by atoms with Crippen LogP contribution in [0.2, 0.25) is 0 Å². The second-order valence-electron chi connectivity index (χ2n) is 8.99. The number of fused-ring (bicyclic) bond motifs is 1. The highest BCUT2D eigenvalue weighted by Crippen LogP contribution is 2.36. The zero-order valence-corrected chi connectivity index (χ0v) is 20.1. The fourth-order valence-corrected chi connectivity index (χ4v) is 5.59. The van der Waals surface area contributed by atoms with Crippen molar-refractivity contribution in [1.82, 2.24) is 24.9 Å². The van der Waals surface area contributed by atoms with Gasteiger partial charge < -0.3 is 11.1 Å². The average molecular weight is 459 g/mol. The second-order valence-corrected chi connectivity index (χ2v) is 9.80. The Morgan fingerprint density at radius 2 is 1.94 bits per heavy atom. The van der Waals surface area contributed by atoms with Crippen molar-refractivity contribution in [2.75, 3.05) is 12.0 Å². The van der Waals surface area contributed by atoms with E-state index in [2.05, 4.69) is 48.7 Å². The van der Waals surface area contributed by atoms with Crippen molar-refractivity contribution in [3.05, 3.63) is 60.6 Å². The number of anilines is 1. The van der Waals surface area contributed by atoms with Gasteiger partial charge in [-0.15, -0.1) is 11.8 Å². The summed E-state index contributed by atoms with van der Waals surface area (Å²) in [6, 6.07) is 15.4. The van der Waals surface area contributed by atoms with Gasteiger partial charge in [0.25, 0.3) is 0 Å². The lowest BCUT2D eigenvalue weighted by atomic mass is 9.97. The summed E-state index contributed by atoms with van der Waals surface area (Å²) in [4.78, 5) is 10.8. The molecule has 0 radical (unpaired) electrons. The number of thioether (sulfide) groups is 1. The predicted octanol–water partition coefficient (Wildman–Crippen LogP) is 5.40. The van der Waals surface area contributed by atoms with Crippen LogP contribution in [0.25, 0.3) is 28.0 Å². The molecule has 4 aromatic rings. The fourth-order valence-electron chi connectivity index (χ4n) is 4.84. The minimum atomic E-state index is 0.295. The second kappa shape index (κ2) is 9.15. The summed E-state index contributed by atoms with van der Waals surface area (Å²) in [5.41, 5.74) is 12.4. The van der Waals surface area contributed by atoms with E-state index in [0.29, 0.717) is 23.8 Å². The Kier molecular flexibility index (Phi) is 6.08. The van der Waals surface area contributed by atoms with Gasteiger partial charge in [0.1, 0.15) is 5.82 Å². The van der Waals surface area contributed by atoms with Crippen molar-refractivity contribution in [3.8, 4) is 22.4 Å². The normalized spacial score (nSPS) is 19.2. The first-order valence-corrected chi connectivity index (χ1v) is 12.8. The highest BCUT2D eigenvalue weighted by atomic mass is 32.2. The Morgan fingerprint density at radius 1 is 1.12 bits per heavy atom. The summed E-state index contributed by atoms with van der Waals surface area (Å²) in [6.07, 6.45) is 9.30. The quantitative estimate of drug-likeness (QED) is 0.377. The molecule has 1 aromatic carbocycles. The van der Waals surface area contributed by atoms with Gasteiger partial charge in [0.15, 0.2) is 5.65 Å². The highest BCUT2D eigenvalue weighted by molar-refractivity contribution is 7.98. The Balaban J connectivity index is 1.52. The maximum atomic E-state index is 6.60. The molecule has 0 saturated carbocycles. The highest BCUT2D eigenvalue weighted by Gasteiger charge is 2.26. The van der Waals surface area contributed by atoms with Crippen LogP contribution in [0.4, 0.5) is 5.82 Å². The van der Waals surface area contributed by atoms with Crippen molar-refractivity contribution in [2.45, 2.75) is 56.0 Å².